The third-order valence-electron chi connectivity index (χ3n) is 5.90. The lowest BCUT2D eigenvalue weighted by Crippen LogP contribution is -2.46. The number of aliphatic imine (C=N–C) groups is 1. The maximum absolute atomic E-state index is 5.27. The smallest absolute Gasteiger partial charge is 0.191 e. The van der Waals surface area contributed by atoms with E-state index >= 15 is 0 Å². The van der Waals surface area contributed by atoms with E-state index in [0.29, 0.717) is 18.0 Å². The first-order valence-corrected chi connectivity index (χ1v) is 9.72. The van der Waals surface area contributed by atoms with Crippen molar-refractivity contribution >= 4 is 29.9 Å². The SMILES string of the molecule is CN=C(NCc1ccn(C2CCCC2)n1)NCC1(CCOC)CCC1.I. The van der Waals surface area contributed by atoms with Crippen molar-refractivity contribution in [3.8, 4) is 0 Å². The van der Waals surface area contributed by atoms with Gasteiger partial charge in [0.25, 0.3) is 0 Å². The summed E-state index contributed by atoms with van der Waals surface area (Å²) in [6, 6.07) is 2.72. The molecule has 2 fully saturated rings. The van der Waals surface area contributed by atoms with Crippen LogP contribution in [0.1, 0.15) is 63.1 Å². The summed E-state index contributed by atoms with van der Waals surface area (Å²) in [7, 11) is 3.61. The second kappa shape index (κ2) is 10.5. The van der Waals surface area contributed by atoms with E-state index in [1.165, 1.54) is 44.9 Å². The van der Waals surface area contributed by atoms with Crippen LogP contribution in [0.5, 0.6) is 0 Å². The van der Waals surface area contributed by atoms with Crippen molar-refractivity contribution in [2.75, 3.05) is 27.3 Å². The molecule has 0 spiro atoms. The minimum atomic E-state index is 0. The number of halogens is 1. The Morgan fingerprint density at radius 3 is 2.69 bits per heavy atom. The standard InChI is InChI=1S/C19H33N5O.HI/c1-20-18(22-15-19(9-5-10-19)11-13-25-2)21-14-16-8-12-24(23-16)17-6-3-4-7-17;/h8,12,17H,3-7,9-11,13-15H2,1-2H3,(H2,20,21,22);1H. The van der Waals surface area contributed by atoms with Crippen molar-refractivity contribution in [1.29, 1.82) is 0 Å². The van der Waals surface area contributed by atoms with Crippen molar-refractivity contribution < 1.29 is 4.74 Å². The van der Waals surface area contributed by atoms with Crippen molar-refractivity contribution in [2.24, 2.45) is 10.4 Å². The van der Waals surface area contributed by atoms with Gasteiger partial charge in [0.2, 0.25) is 0 Å². The fourth-order valence-electron chi connectivity index (χ4n) is 4.02. The predicted molar refractivity (Wildman–Crippen MR) is 116 cm³/mol. The molecule has 0 amide bonds. The van der Waals surface area contributed by atoms with Crippen LogP contribution in [-0.2, 0) is 11.3 Å². The topological polar surface area (TPSA) is 63.5 Å². The molecular formula is C19H34IN5O. The summed E-state index contributed by atoms with van der Waals surface area (Å²) in [6.45, 7) is 2.52. The average molecular weight is 475 g/mol. The largest absolute Gasteiger partial charge is 0.385 e. The summed E-state index contributed by atoms with van der Waals surface area (Å²) in [6.07, 6.45) is 12.3. The van der Waals surface area contributed by atoms with Crippen LogP contribution in [0.2, 0.25) is 0 Å². The van der Waals surface area contributed by atoms with Gasteiger partial charge in [-0.15, -0.1) is 24.0 Å². The molecule has 0 aromatic carbocycles. The Kier molecular flexibility index (Phi) is 8.66. The van der Waals surface area contributed by atoms with Crippen LogP contribution in [0.25, 0.3) is 0 Å². The number of ether oxygens (including phenoxy) is 1. The maximum Gasteiger partial charge on any atom is 0.191 e. The van der Waals surface area contributed by atoms with Gasteiger partial charge in [-0.3, -0.25) is 9.67 Å². The molecule has 0 aliphatic heterocycles. The maximum atomic E-state index is 5.27. The highest BCUT2D eigenvalue weighted by Gasteiger charge is 2.36. The van der Waals surface area contributed by atoms with Gasteiger partial charge in [-0.2, -0.15) is 5.10 Å². The molecule has 2 saturated carbocycles. The van der Waals surface area contributed by atoms with Gasteiger partial charge in [0.05, 0.1) is 18.3 Å². The lowest BCUT2D eigenvalue weighted by atomic mass is 9.67. The van der Waals surface area contributed by atoms with Crippen LogP contribution >= 0.6 is 24.0 Å². The van der Waals surface area contributed by atoms with Gasteiger partial charge in [-0.05, 0) is 43.6 Å². The second-order valence-electron chi connectivity index (χ2n) is 7.60. The Morgan fingerprint density at radius 2 is 2.08 bits per heavy atom. The molecule has 2 aliphatic carbocycles. The minimum Gasteiger partial charge on any atom is -0.385 e. The van der Waals surface area contributed by atoms with E-state index in [-0.39, 0.29) is 24.0 Å². The lowest BCUT2D eigenvalue weighted by Gasteiger charge is -2.42. The molecule has 0 bridgehead atoms. The van der Waals surface area contributed by atoms with Crippen LogP contribution in [0.3, 0.4) is 0 Å². The molecule has 148 valence electrons. The van der Waals surface area contributed by atoms with Crippen LogP contribution in [0, 0.1) is 5.41 Å². The fourth-order valence-corrected chi connectivity index (χ4v) is 4.02. The summed E-state index contributed by atoms with van der Waals surface area (Å²) < 4.78 is 7.42. The third kappa shape index (κ3) is 5.58. The molecule has 26 heavy (non-hydrogen) atoms. The molecule has 0 unspecified atom stereocenters. The number of nitrogens with one attached hydrogen (secondary N) is 2. The Bertz CT molecular complexity index is 564. The number of methoxy groups -OCH3 is 1. The number of guanidine groups is 1. The Hall–Kier alpha value is -0.830. The third-order valence-corrected chi connectivity index (χ3v) is 5.90. The molecule has 1 aromatic rings. The first-order valence-electron chi connectivity index (χ1n) is 9.72. The van der Waals surface area contributed by atoms with E-state index in [4.69, 9.17) is 9.84 Å². The zero-order valence-corrected chi connectivity index (χ0v) is 18.5. The molecule has 7 heteroatoms. The van der Waals surface area contributed by atoms with Gasteiger partial charge >= 0.3 is 0 Å². The van der Waals surface area contributed by atoms with Gasteiger partial charge in [0.15, 0.2) is 5.96 Å². The average Bonchev–Trinajstić information content (AvgIpc) is 3.27. The van der Waals surface area contributed by atoms with Crippen molar-refractivity contribution in [1.82, 2.24) is 20.4 Å². The minimum absolute atomic E-state index is 0. The summed E-state index contributed by atoms with van der Waals surface area (Å²) in [5.74, 6) is 0.860. The summed E-state index contributed by atoms with van der Waals surface area (Å²) in [5, 5.41) is 11.6. The van der Waals surface area contributed by atoms with Crippen LogP contribution in [0.4, 0.5) is 0 Å². The lowest BCUT2D eigenvalue weighted by molar-refractivity contribution is 0.0732. The van der Waals surface area contributed by atoms with Crippen molar-refractivity contribution in [3.63, 3.8) is 0 Å². The molecular weight excluding hydrogens is 441 g/mol. The molecule has 1 heterocycles. The van der Waals surface area contributed by atoms with E-state index in [0.717, 1.165) is 31.2 Å². The second-order valence-corrected chi connectivity index (χ2v) is 7.60. The number of hydrogen-bond acceptors (Lipinski definition) is 3. The highest BCUT2D eigenvalue weighted by atomic mass is 127. The normalized spacial score (nSPS) is 19.7. The summed E-state index contributed by atoms with van der Waals surface area (Å²) in [4.78, 5) is 4.36. The zero-order valence-electron chi connectivity index (χ0n) is 16.2. The van der Waals surface area contributed by atoms with Crippen LogP contribution in [-0.4, -0.2) is 43.0 Å². The molecule has 2 N–H and O–H groups in total. The fraction of sp³-hybridized carbons (Fsp3) is 0.789. The predicted octanol–water partition coefficient (Wildman–Crippen LogP) is 3.49. The van der Waals surface area contributed by atoms with Crippen molar-refractivity contribution in [2.45, 2.75) is 64.0 Å². The van der Waals surface area contributed by atoms with E-state index in [2.05, 4.69) is 32.6 Å². The highest BCUT2D eigenvalue weighted by molar-refractivity contribution is 14.0. The molecule has 0 radical (unpaired) electrons. The van der Waals surface area contributed by atoms with Crippen molar-refractivity contribution in [3.05, 3.63) is 18.0 Å². The van der Waals surface area contributed by atoms with E-state index in [1.807, 2.05) is 7.05 Å². The Balaban J connectivity index is 0.00000243. The Labute approximate surface area is 174 Å². The van der Waals surface area contributed by atoms with Gasteiger partial charge in [0, 0.05) is 33.5 Å². The molecule has 1 aromatic heterocycles. The van der Waals surface area contributed by atoms with Crippen LogP contribution < -0.4 is 10.6 Å². The molecule has 0 saturated heterocycles. The quantitative estimate of drug-likeness (QED) is 0.343. The molecule has 3 rings (SSSR count). The zero-order chi connectivity index (χ0) is 17.5. The molecule has 6 nitrogen and oxygen atoms in total. The molecule has 0 atom stereocenters. The number of hydrogen-bond donors (Lipinski definition) is 2. The monoisotopic (exact) mass is 475 g/mol. The van der Waals surface area contributed by atoms with E-state index in [1.54, 1.807) is 7.11 Å². The van der Waals surface area contributed by atoms with Gasteiger partial charge in [-0.1, -0.05) is 19.3 Å². The van der Waals surface area contributed by atoms with Crippen LogP contribution in [0.15, 0.2) is 17.3 Å². The van der Waals surface area contributed by atoms with Gasteiger partial charge in [-0.25, -0.2) is 0 Å². The first-order chi connectivity index (χ1) is 12.2. The van der Waals surface area contributed by atoms with Gasteiger partial charge in [0.1, 0.15) is 0 Å². The molecule has 2 aliphatic rings. The summed E-state index contributed by atoms with van der Waals surface area (Å²) >= 11 is 0. The van der Waals surface area contributed by atoms with Gasteiger partial charge < -0.3 is 15.4 Å². The first kappa shape index (κ1) is 21.5. The van der Waals surface area contributed by atoms with E-state index in [9.17, 15) is 0 Å². The Morgan fingerprint density at radius 1 is 1.31 bits per heavy atom. The number of nitrogens with zero attached hydrogens (tertiary/aromatic N) is 3. The highest BCUT2D eigenvalue weighted by Crippen LogP contribution is 2.43. The van der Waals surface area contributed by atoms with E-state index < -0.39 is 0 Å². The number of aromatic nitrogens is 2. The number of rotatable bonds is 8. The summed E-state index contributed by atoms with van der Waals surface area (Å²) in [5.41, 5.74) is 1.46.